The summed E-state index contributed by atoms with van der Waals surface area (Å²) in [6, 6.07) is 12.8. The summed E-state index contributed by atoms with van der Waals surface area (Å²) in [6.45, 7) is 3.34. The number of piperidine rings is 1. The number of H-pyrrole nitrogens is 1. The van der Waals surface area contributed by atoms with E-state index in [4.69, 9.17) is 0 Å². The van der Waals surface area contributed by atoms with Crippen LogP contribution in [0.15, 0.2) is 47.4 Å². The molecule has 1 saturated heterocycles. The van der Waals surface area contributed by atoms with E-state index in [1.165, 1.54) is 10.4 Å². The fraction of sp³-hybridized carbons (Fsp3) is 0.391. The molecule has 1 aliphatic rings. The highest BCUT2D eigenvalue weighted by atomic mass is 32.2. The molecule has 0 spiro atoms. The second-order valence-electron chi connectivity index (χ2n) is 8.01. The van der Waals surface area contributed by atoms with Gasteiger partial charge in [0.25, 0.3) is 5.91 Å². The number of hydrogen-bond acceptors (Lipinski definition) is 4. The van der Waals surface area contributed by atoms with Crippen LogP contribution < -0.4 is 5.32 Å². The SMILES string of the molecule is Cc1ccc(C(=O)NCCCc2nc3ccccc3[nH]2)cc1S(=O)(=O)N1CCCCC1. The van der Waals surface area contributed by atoms with Gasteiger partial charge in [-0.25, -0.2) is 13.4 Å². The summed E-state index contributed by atoms with van der Waals surface area (Å²) in [5.41, 5.74) is 2.96. The number of fused-ring (bicyclic) bond motifs is 1. The van der Waals surface area contributed by atoms with Crippen LogP contribution in [0.1, 0.15) is 47.4 Å². The average Bonchev–Trinajstić information content (AvgIpc) is 3.20. The normalized spacial score (nSPS) is 15.3. The first-order valence-corrected chi connectivity index (χ1v) is 12.2. The first kappa shape index (κ1) is 21.5. The van der Waals surface area contributed by atoms with Crippen LogP contribution in [-0.4, -0.2) is 48.2 Å². The minimum Gasteiger partial charge on any atom is -0.352 e. The van der Waals surface area contributed by atoms with Crippen LogP contribution in [0.25, 0.3) is 11.0 Å². The third kappa shape index (κ3) is 4.80. The van der Waals surface area contributed by atoms with Crippen LogP contribution in [0.2, 0.25) is 0 Å². The van der Waals surface area contributed by atoms with Gasteiger partial charge in [-0.05, 0) is 56.0 Å². The van der Waals surface area contributed by atoms with E-state index in [1.54, 1.807) is 19.1 Å². The summed E-state index contributed by atoms with van der Waals surface area (Å²) >= 11 is 0. The molecular weight excluding hydrogens is 412 g/mol. The number of carbonyl (C=O) groups excluding carboxylic acids is 1. The van der Waals surface area contributed by atoms with Gasteiger partial charge in [-0.15, -0.1) is 0 Å². The summed E-state index contributed by atoms with van der Waals surface area (Å²) in [5, 5.41) is 2.89. The first-order chi connectivity index (χ1) is 14.9. The van der Waals surface area contributed by atoms with Gasteiger partial charge in [0.15, 0.2) is 0 Å². The van der Waals surface area contributed by atoms with Crippen molar-refractivity contribution in [3.63, 3.8) is 0 Å². The second-order valence-corrected chi connectivity index (χ2v) is 9.91. The zero-order valence-corrected chi connectivity index (χ0v) is 18.5. The quantitative estimate of drug-likeness (QED) is 0.551. The van der Waals surface area contributed by atoms with Crippen molar-refractivity contribution in [2.75, 3.05) is 19.6 Å². The summed E-state index contributed by atoms with van der Waals surface area (Å²) in [6.07, 6.45) is 4.27. The van der Waals surface area contributed by atoms with E-state index in [-0.39, 0.29) is 10.8 Å². The minimum absolute atomic E-state index is 0.226. The summed E-state index contributed by atoms with van der Waals surface area (Å²) in [5.74, 6) is 0.625. The molecule has 8 heteroatoms. The van der Waals surface area contributed by atoms with Crippen molar-refractivity contribution in [1.82, 2.24) is 19.6 Å². The van der Waals surface area contributed by atoms with Crippen LogP contribution in [-0.2, 0) is 16.4 Å². The Labute approximate surface area is 182 Å². The number of sulfonamides is 1. The molecule has 164 valence electrons. The molecule has 0 aliphatic carbocycles. The van der Waals surface area contributed by atoms with E-state index in [1.807, 2.05) is 24.3 Å². The number of benzene rings is 2. The van der Waals surface area contributed by atoms with Gasteiger partial charge >= 0.3 is 0 Å². The molecule has 7 nitrogen and oxygen atoms in total. The van der Waals surface area contributed by atoms with Crippen molar-refractivity contribution < 1.29 is 13.2 Å². The van der Waals surface area contributed by atoms with Gasteiger partial charge in [0.05, 0.1) is 15.9 Å². The Bertz CT molecular complexity index is 1150. The molecule has 1 aliphatic heterocycles. The fourth-order valence-corrected chi connectivity index (χ4v) is 5.72. The maximum Gasteiger partial charge on any atom is 0.251 e. The van der Waals surface area contributed by atoms with Crippen molar-refractivity contribution >= 4 is 27.0 Å². The van der Waals surface area contributed by atoms with E-state index in [9.17, 15) is 13.2 Å². The Balaban J connectivity index is 1.37. The molecule has 4 rings (SSSR count). The van der Waals surface area contributed by atoms with Crippen LogP contribution in [0, 0.1) is 6.92 Å². The molecule has 2 aromatic carbocycles. The number of para-hydroxylation sites is 2. The summed E-state index contributed by atoms with van der Waals surface area (Å²) < 4.78 is 27.7. The topological polar surface area (TPSA) is 95.2 Å². The van der Waals surface area contributed by atoms with E-state index >= 15 is 0 Å². The molecule has 0 radical (unpaired) electrons. The first-order valence-electron chi connectivity index (χ1n) is 10.8. The lowest BCUT2D eigenvalue weighted by molar-refractivity contribution is 0.0953. The maximum absolute atomic E-state index is 13.1. The second kappa shape index (κ2) is 9.20. The zero-order valence-electron chi connectivity index (χ0n) is 17.7. The number of nitrogens with zero attached hydrogens (tertiary/aromatic N) is 2. The van der Waals surface area contributed by atoms with Gasteiger partial charge in [0.1, 0.15) is 5.82 Å². The molecule has 0 saturated carbocycles. The summed E-state index contributed by atoms with van der Waals surface area (Å²) in [7, 11) is -3.58. The van der Waals surface area contributed by atoms with Crippen molar-refractivity contribution in [1.29, 1.82) is 0 Å². The highest BCUT2D eigenvalue weighted by Gasteiger charge is 2.28. The third-order valence-electron chi connectivity index (χ3n) is 5.70. The highest BCUT2D eigenvalue weighted by Crippen LogP contribution is 2.24. The van der Waals surface area contributed by atoms with Gasteiger partial charge in [-0.3, -0.25) is 4.79 Å². The highest BCUT2D eigenvalue weighted by molar-refractivity contribution is 7.89. The Kier molecular flexibility index (Phi) is 6.38. The number of nitrogens with one attached hydrogen (secondary N) is 2. The molecule has 0 atom stereocenters. The predicted octanol–water partition coefficient (Wildman–Crippen LogP) is 3.41. The fourth-order valence-electron chi connectivity index (χ4n) is 3.95. The molecule has 1 amide bonds. The number of carbonyl (C=O) groups is 1. The number of imidazole rings is 1. The van der Waals surface area contributed by atoms with Gasteiger partial charge in [-0.1, -0.05) is 24.6 Å². The number of aryl methyl sites for hydroxylation is 2. The molecule has 0 unspecified atom stereocenters. The van der Waals surface area contributed by atoms with E-state index in [0.717, 1.165) is 49.0 Å². The number of hydrogen-bond donors (Lipinski definition) is 2. The van der Waals surface area contributed by atoms with Crippen LogP contribution >= 0.6 is 0 Å². The smallest absolute Gasteiger partial charge is 0.251 e. The molecule has 2 heterocycles. The van der Waals surface area contributed by atoms with Gasteiger partial charge in [0, 0.05) is 31.6 Å². The third-order valence-corrected chi connectivity index (χ3v) is 7.74. The maximum atomic E-state index is 13.1. The number of aromatic amines is 1. The van der Waals surface area contributed by atoms with Crippen molar-refractivity contribution in [2.24, 2.45) is 0 Å². The number of amides is 1. The number of aromatic nitrogens is 2. The molecular formula is C23H28N4O3S. The van der Waals surface area contributed by atoms with Gasteiger partial charge in [-0.2, -0.15) is 4.31 Å². The van der Waals surface area contributed by atoms with Crippen LogP contribution in [0.5, 0.6) is 0 Å². The number of rotatable bonds is 7. The van der Waals surface area contributed by atoms with Crippen LogP contribution in [0.3, 0.4) is 0 Å². The van der Waals surface area contributed by atoms with Gasteiger partial charge in [0.2, 0.25) is 10.0 Å². The lowest BCUT2D eigenvalue weighted by Gasteiger charge is -2.26. The molecule has 0 bridgehead atoms. The lowest BCUT2D eigenvalue weighted by atomic mass is 10.1. The van der Waals surface area contributed by atoms with Crippen molar-refractivity contribution in [3.8, 4) is 0 Å². The monoisotopic (exact) mass is 440 g/mol. The minimum atomic E-state index is -3.58. The Morgan fingerprint density at radius 3 is 2.68 bits per heavy atom. The molecule has 2 N–H and O–H groups in total. The molecule has 3 aromatic rings. The van der Waals surface area contributed by atoms with Crippen LogP contribution in [0.4, 0.5) is 0 Å². The molecule has 1 fully saturated rings. The average molecular weight is 441 g/mol. The molecule has 31 heavy (non-hydrogen) atoms. The van der Waals surface area contributed by atoms with Gasteiger partial charge < -0.3 is 10.3 Å². The lowest BCUT2D eigenvalue weighted by Crippen LogP contribution is -2.36. The van der Waals surface area contributed by atoms with Crippen molar-refractivity contribution in [3.05, 3.63) is 59.4 Å². The van der Waals surface area contributed by atoms with E-state index in [0.29, 0.717) is 30.8 Å². The van der Waals surface area contributed by atoms with E-state index in [2.05, 4.69) is 15.3 Å². The standard InChI is InChI=1S/C23H28N4O3S/c1-17-11-12-18(16-21(17)31(29,30)27-14-5-2-6-15-27)23(28)24-13-7-10-22-25-19-8-3-4-9-20(19)26-22/h3-4,8-9,11-12,16H,2,5-7,10,13-15H2,1H3,(H,24,28)(H,25,26). The largest absolute Gasteiger partial charge is 0.352 e. The zero-order chi connectivity index (χ0) is 21.8. The van der Waals surface area contributed by atoms with Crippen molar-refractivity contribution in [2.45, 2.75) is 43.9 Å². The Hall–Kier alpha value is -2.71. The van der Waals surface area contributed by atoms with E-state index < -0.39 is 10.0 Å². The molecule has 1 aromatic heterocycles. The predicted molar refractivity (Wildman–Crippen MR) is 121 cm³/mol. The summed E-state index contributed by atoms with van der Waals surface area (Å²) in [4.78, 5) is 20.7. The Morgan fingerprint density at radius 1 is 1.13 bits per heavy atom. The Morgan fingerprint density at radius 2 is 1.90 bits per heavy atom.